The van der Waals surface area contributed by atoms with Gasteiger partial charge in [-0.25, -0.2) is 0 Å². The van der Waals surface area contributed by atoms with Crippen LogP contribution in [0.3, 0.4) is 0 Å². The molecule has 0 bridgehead atoms. The maximum absolute atomic E-state index is 11.5. The molecule has 4 heteroatoms. The summed E-state index contributed by atoms with van der Waals surface area (Å²) in [5, 5.41) is 12.0. The Balaban J connectivity index is 2.59. The molecule has 0 spiro atoms. The van der Waals surface area contributed by atoms with Crippen molar-refractivity contribution in [2.45, 2.75) is 26.3 Å². The first-order chi connectivity index (χ1) is 6.65. The van der Waals surface area contributed by atoms with E-state index in [1.54, 1.807) is 4.90 Å². The third kappa shape index (κ3) is 2.71. The lowest BCUT2D eigenvalue weighted by Crippen LogP contribution is -2.52. The Morgan fingerprint density at radius 1 is 1.64 bits per heavy atom. The smallest absolute Gasteiger partial charge is 0.237 e. The second-order valence-electron chi connectivity index (χ2n) is 4.04. The molecule has 1 unspecified atom stereocenters. The fourth-order valence-electron chi connectivity index (χ4n) is 1.65. The first kappa shape index (κ1) is 11.0. The van der Waals surface area contributed by atoms with Crippen LogP contribution in [0.4, 0.5) is 0 Å². The lowest BCUT2D eigenvalue weighted by molar-refractivity contribution is -0.133. The number of hydrogen-bond acceptors (Lipinski definition) is 3. The predicted molar refractivity (Wildman–Crippen MR) is 53.4 cm³/mol. The summed E-state index contributed by atoms with van der Waals surface area (Å²) in [6, 6.07) is 1.97. The first-order valence-electron chi connectivity index (χ1n) is 5.05. The van der Waals surface area contributed by atoms with Crippen molar-refractivity contribution in [2.75, 3.05) is 19.6 Å². The number of piperazine rings is 1. The van der Waals surface area contributed by atoms with E-state index in [1.165, 1.54) is 0 Å². The van der Waals surface area contributed by atoms with Gasteiger partial charge in [0.25, 0.3) is 0 Å². The largest absolute Gasteiger partial charge is 0.324 e. The number of rotatable bonds is 3. The van der Waals surface area contributed by atoms with E-state index in [0.29, 0.717) is 19.0 Å². The van der Waals surface area contributed by atoms with Crippen LogP contribution in [0.5, 0.6) is 0 Å². The highest BCUT2D eigenvalue weighted by Crippen LogP contribution is 2.12. The van der Waals surface area contributed by atoms with E-state index in [1.807, 2.05) is 0 Å². The lowest BCUT2D eigenvalue weighted by Gasteiger charge is -2.31. The van der Waals surface area contributed by atoms with Gasteiger partial charge in [0.15, 0.2) is 0 Å². The van der Waals surface area contributed by atoms with Crippen LogP contribution >= 0.6 is 0 Å². The van der Waals surface area contributed by atoms with E-state index in [9.17, 15) is 4.79 Å². The summed E-state index contributed by atoms with van der Waals surface area (Å²) in [5.41, 5.74) is 0. The maximum Gasteiger partial charge on any atom is 0.237 e. The third-order valence-corrected chi connectivity index (χ3v) is 2.35. The Labute approximate surface area is 84.9 Å². The van der Waals surface area contributed by atoms with Gasteiger partial charge in [0, 0.05) is 13.1 Å². The quantitative estimate of drug-likeness (QED) is 0.707. The van der Waals surface area contributed by atoms with Crippen LogP contribution in [0.1, 0.15) is 20.3 Å². The van der Waals surface area contributed by atoms with Crippen molar-refractivity contribution in [1.82, 2.24) is 10.2 Å². The normalized spacial score (nSPS) is 19.6. The fraction of sp³-hybridized carbons (Fsp3) is 0.800. The third-order valence-electron chi connectivity index (χ3n) is 2.35. The highest BCUT2D eigenvalue weighted by molar-refractivity contribution is 5.79. The van der Waals surface area contributed by atoms with Crippen molar-refractivity contribution in [3.8, 4) is 6.07 Å². The molecular formula is C10H17N3O. The number of nitriles is 1. The van der Waals surface area contributed by atoms with Gasteiger partial charge in [-0.3, -0.25) is 4.79 Å². The van der Waals surface area contributed by atoms with Gasteiger partial charge < -0.3 is 10.2 Å². The van der Waals surface area contributed by atoms with Gasteiger partial charge in [-0.15, -0.1) is 0 Å². The van der Waals surface area contributed by atoms with Crippen molar-refractivity contribution in [3.05, 3.63) is 0 Å². The summed E-state index contributed by atoms with van der Waals surface area (Å²) in [7, 11) is 0. The zero-order valence-electron chi connectivity index (χ0n) is 8.79. The zero-order chi connectivity index (χ0) is 10.6. The Kier molecular flexibility index (Phi) is 3.90. The molecule has 1 saturated heterocycles. The van der Waals surface area contributed by atoms with E-state index in [2.05, 4.69) is 25.2 Å². The zero-order valence-corrected chi connectivity index (χ0v) is 8.79. The molecule has 4 nitrogen and oxygen atoms in total. The van der Waals surface area contributed by atoms with Gasteiger partial charge in [0.2, 0.25) is 5.91 Å². The summed E-state index contributed by atoms with van der Waals surface area (Å²) in [6.45, 7) is 5.95. The molecule has 1 aliphatic heterocycles. The van der Waals surface area contributed by atoms with Gasteiger partial charge in [-0.05, 0) is 12.3 Å². The van der Waals surface area contributed by atoms with E-state index in [-0.39, 0.29) is 11.9 Å². The Hall–Kier alpha value is -1.08. The average Bonchev–Trinajstić information content (AvgIpc) is 2.15. The van der Waals surface area contributed by atoms with Crippen molar-refractivity contribution < 1.29 is 4.79 Å². The Morgan fingerprint density at radius 3 is 2.86 bits per heavy atom. The first-order valence-corrected chi connectivity index (χ1v) is 5.05. The molecule has 0 saturated carbocycles. The number of nitrogens with one attached hydrogen (secondary N) is 1. The molecule has 0 aromatic carbocycles. The minimum Gasteiger partial charge on any atom is -0.324 e. The molecule has 1 rings (SSSR count). The number of carbonyl (C=O) groups excluding carboxylic acids is 1. The Bertz CT molecular complexity index is 244. The molecule has 1 fully saturated rings. The molecule has 0 radical (unpaired) electrons. The predicted octanol–water partition coefficient (Wildman–Crippen LogP) is 0.356. The second kappa shape index (κ2) is 4.97. The fourth-order valence-corrected chi connectivity index (χ4v) is 1.65. The van der Waals surface area contributed by atoms with Crippen molar-refractivity contribution in [2.24, 2.45) is 5.92 Å². The van der Waals surface area contributed by atoms with Crippen LogP contribution in [-0.4, -0.2) is 36.5 Å². The molecule has 1 heterocycles. The van der Waals surface area contributed by atoms with Gasteiger partial charge in [0.05, 0.1) is 12.6 Å². The molecule has 0 aromatic heterocycles. The van der Waals surface area contributed by atoms with E-state index >= 15 is 0 Å². The SMILES string of the molecule is CC(C)CC(C#N)N1CCNCC1=O. The lowest BCUT2D eigenvalue weighted by atomic mass is 10.0. The number of carbonyl (C=O) groups is 1. The monoisotopic (exact) mass is 195 g/mol. The molecule has 1 atom stereocenters. The van der Waals surface area contributed by atoms with Crippen molar-refractivity contribution in [3.63, 3.8) is 0 Å². The molecule has 78 valence electrons. The molecule has 1 amide bonds. The summed E-state index contributed by atoms with van der Waals surface area (Å²) in [4.78, 5) is 13.2. The highest BCUT2D eigenvalue weighted by atomic mass is 16.2. The maximum atomic E-state index is 11.5. The van der Waals surface area contributed by atoms with E-state index in [0.717, 1.165) is 13.0 Å². The van der Waals surface area contributed by atoms with Crippen LogP contribution in [0.15, 0.2) is 0 Å². The molecule has 14 heavy (non-hydrogen) atoms. The summed E-state index contributed by atoms with van der Waals surface area (Å²) >= 11 is 0. The molecular weight excluding hydrogens is 178 g/mol. The van der Waals surface area contributed by atoms with Gasteiger partial charge in [-0.1, -0.05) is 13.8 Å². The number of amides is 1. The van der Waals surface area contributed by atoms with Crippen LogP contribution in [0, 0.1) is 17.2 Å². The molecule has 0 aliphatic carbocycles. The molecule has 0 aromatic rings. The van der Waals surface area contributed by atoms with Crippen LogP contribution in [0.25, 0.3) is 0 Å². The standard InChI is InChI=1S/C10H17N3O/c1-8(2)5-9(6-11)13-4-3-12-7-10(13)14/h8-9,12H,3-5,7H2,1-2H3. The Morgan fingerprint density at radius 2 is 2.36 bits per heavy atom. The van der Waals surface area contributed by atoms with Crippen LogP contribution in [0.2, 0.25) is 0 Å². The number of nitrogens with zero attached hydrogens (tertiary/aromatic N) is 2. The summed E-state index contributed by atoms with van der Waals surface area (Å²) in [5.74, 6) is 0.491. The van der Waals surface area contributed by atoms with E-state index < -0.39 is 0 Å². The molecule has 1 N–H and O–H groups in total. The minimum atomic E-state index is -0.246. The summed E-state index contributed by atoms with van der Waals surface area (Å²) in [6.07, 6.45) is 0.766. The van der Waals surface area contributed by atoms with Gasteiger partial charge in [-0.2, -0.15) is 5.26 Å². The minimum absolute atomic E-state index is 0.0449. The average molecular weight is 195 g/mol. The topological polar surface area (TPSA) is 56.1 Å². The van der Waals surface area contributed by atoms with Crippen molar-refractivity contribution in [1.29, 1.82) is 5.26 Å². The van der Waals surface area contributed by atoms with Crippen LogP contribution < -0.4 is 5.32 Å². The summed E-state index contributed by atoms with van der Waals surface area (Å²) < 4.78 is 0. The van der Waals surface area contributed by atoms with E-state index in [4.69, 9.17) is 5.26 Å². The number of hydrogen-bond donors (Lipinski definition) is 1. The van der Waals surface area contributed by atoms with Crippen LogP contribution in [-0.2, 0) is 4.79 Å². The second-order valence-corrected chi connectivity index (χ2v) is 4.04. The highest BCUT2D eigenvalue weighted by Gasteiger charge is 2.25. The van der Waals surface area contributed by atoms with Gasteiger partial charge >= 0.3 is 0 Å². The van der Waals surface area contributed by atoms with Crippen molar-refractivity contribution >= 4 is 5.91 Å². The van der Waals surface area contributed by atoms with Gasteiger partial charge in [0.1, 0.15) is 6.04 Å². The molecule has 1 aliphatic rings.